The summed E-state index contributed by atoms with van der Waals surface area (Å²) >= 11 is 1.63. The summed E-state index contributed by atoms with van der Waals surface area (Å²) in [5.41, 5.74) is 8.44. The molecule has 2 heterocycles. The van der Waals surface area contributed by atoms with Crippen molar-refractivity contribution < 1.29 is 36.6 Å². The van der Waals surface area contributed by atoms with E-state index in [2.05, 4.69) is 44.4 Å². The first-order chi connectivity index (χ1) is 22.7. The van der Waals surface area contributed by atoms with Crippen molar-refractivity contribution >= 4 is 56.4 Å². The highest BCUT2D eigenvalue weighted by atomic mass is 32.2. The number of nitrogens with zero attached hydrogens (tertiary/aromatic N) is 2. The number of hydrogen-bond donors (Lipinski definition) is 4. The number of nitrogens with two attached hydrogens (primary N) is 1. The van der Waals surface area contributed by atoms with Crippen LogP contribution in [0.5, 0.6) is 0 Å². The maximum Gasteiger partial charge on any atom is 0.264 e. The van der Waals surface area contributed by atoms with E-state index in [4.69, 9.17) is 15.2 Å². The minimum absolute atomic E-state index is 0.114. The summed E-state index contributed by atoms with van der Waals surface area (Å²) < 4.78 is 44.6. The van der Waals surface area contributed by atoms with E-state index in [1.165, 1.54) is 0 Å². The van der Waals surface area contributed by atoms with Crippen molar-refractivity contribution in [2.24, 2.45) is 5.73 Å². The number of rotatable bonds is 20. The smallest absolute Gasteiger partial charge is 0.264 e. The Labute approximate surface area is 280 Å². The van der Waals surface area contributed by atoms with Crippen LogP contribution in [0.25, 0.3) is 17.0 Å². The Balaban J connectivity index is 1.26. The molecule has 0 spiro atoms. The number of ether oxygens (including phenoxy) is 2. The predicted octanol–water partition coefficient (Wildman–Crippen LogP) is 2.71. The summed E-state index contributed by atoms with van der Waals surface area (Å²) in [6.07, 6.45) is 5.40. The molecule has 14 heteroatoms. The van der Waals surface area contributed by atoms with Gasteiger partial charge in [0.25, 0.3) is 10.1 Å². The maximum absolute atomic E-state index is 12.3. The fourth-order valence-corrected chi connectivity index (χ4v) is 6.74. The lowest BCUT2D eigenvalue weighted by Gasteiger charge is -2.20. The highest BCUT2D eigenvalue weighted by Crippen LogP contribution is 2.46. The van der Waals surface area contributed by atoms with Crippen LogP contribution in [-0.2, 0) is 35.7 Å². The summed E-state index contributed by atoms with van der Waals surface area (Å²) in [6.45, 7) is 4.25. The van der Waals surface area contributed by atoms with Gasteiger partial charge in [-0.05, 0) is 36.3 Å². The number of pyridine rings is 1. The fraction of sp³-hybridized carbons (Fsp3) is 0.424. The van der Waals surface area contributed by atoms with Crippen molar-refractivity contribution in [3.63, 3.8) is 0 Å². The van der Waals surface area contributed by atoms with E-state index >= 15 is 0 Å². The second-order valence-electron chi connectivity index (χ2n) is 10.9. The Morgan fingerprint density at radius 2 is 1.62 bits per heavy atom. The zero-order valence-corrected chi connectivity index (χ0v) is 28.1. The number of hydrogen-bond acceptors (Lipinski definition) is 9. The molecule has 0 aliphatic carbocycles. The number of nitrogens with one attached hydrogen (secondary N) is 2. The van der Waals surface area contributed by atoms with Gasteiger partial charge >= 0.3 is 0 Å². The average molecular weight is 687 g/mol. The molecule has 254 valence electrons. The summed E-state index contributed by atoms with van der Waals surface area (Å²) in [6, 6.07) is 18.2. The van der Waals surface area contributed by atoms with E-state index < -0.39 is 10.1 Å². The van der Waals surface area contributed by atoms with Gasteiger partial charge in [0.05, 0.1) is 48.3 Å². The first kappa shape index (κ1) is 36.3. The van der Waals surface area contributed by atoms with Gasteiger partial charge in [0.1, 0.15) is 0 Å². The van der Waals surface area contributed by atoms with Crippen LogP contribution in [0.1, 0.15) is 31.2 Å². The van der Waals surface area contributed by atoms with Crippen molar-refractivity contribution in [2.45, 2.75) is 37.1 Å². The number of carbonyl (C=O) groups excluding carboxylic acids is 2. The van der Waals surface area contributed by atoms with Crippen molar-refractivity contribution in [1.29, 1.82) is 0 Å². The number of thioether (sulfide) groups is 1. The van der Waals surface area contributed by atoms with Crippen LogP contribution >= 0.6 is 11.8 Å². The van der Waals surface area contributed by atoms with Crippen LogP contribution in [0.4, 0.5) is 5.69 Å². The van der Waals surface area contributed by atoms with E-state index in [0.717, 1.165) is 32.1 Å². The normalized spacial score (nSPS) is 13.7. The Morgan fingerprint density at radius 1 is 0.915 bits per heavy atom. The third kappa shape index (κ3) is 11.9. The number of aromatic nitrogens is 1. The molecule has 0 unspecified atom stereocenters. The molecule has 0 saturated heterocycles. The number of para-hydroxylation sites is 2. The van der Waals surface area contributed by atoms with Crippen molar-refractivity contribution in [3.05, 3.63) is 71.4 Å². The van der Waals surface area contributed by atoms with Crippen LogP contribution in [0.3, 0.4) is 0 Å². The second-order valence-corrected chi connectivity index (χ2v) is 13.5. The van der Waals surface area contributed by atoms with Crippen LogP contribution < -0.4 is 25.8 Å². The summed E-state index contributed by atoms with van der Waals surface area (Å²) in [4.78, 5) is 27.5. The number of aryl methyl sites for hydroxylation is 1. The van der Waals surface area contributed by atoms with E-state index in [1.54, 1.807) is 11.8 Å². The molecule has 0 radical (unpaired) electrons. The monoisotopic (exact) mass is 686 g/mol. The van der Waals surface area contributed by atoms with Crippen molar-refractivity contribution in [2.75, 3.05) is 63.3 Å². The quantitative estimate of drug-likeness (QED) is 0.0790. The Bertz CT molecular complexity index is 1630. The van der Waals surface area contributed by atoms with Gasteiger partial charge in [-0.2, -0.15) is 13.0 Å². The van der Waals surface area contributed by atoms with Crippen molar-refractivity contribution in [1.82, 2.24) is 10.6 Å². The number of benzene rings is 2. The molecule has 1 aromatic heterocycles. The third-order valence-electron chi connectivity index (χ3n) is 7.34. The number of carbonyl (C=O) groups is 2. The van der Waals surface area contributed by atoms with E-state index in [9.17, 15) is 22.6 Å². The van der Waals surface area contributed by atoms with Gasteiger partial charge < -0.3 is 30.7 Å². The lowest BCUT2D eigenvalue weighted by molar-refractivity contribution is -0.671. The molecular formula is C33H44N5O7S2+. The zero-order valence-electron chi connectivity index (χ0n) is 26.4. The minimum atomic E-state index is -4.04. The molecule has 0 bridgehead atoms. The van der Waals surface area contributed by atoms with Gasteiger partial charge in [0.15, 0.2) is 12.7 Å². The molecule has 1 aliphatic heterocycles. The van der Waals surface area contributed by atoms with E-state index in [-0.39, 0.29) is 30.4 Å². The van der Waals surface area contributed by atoms with Gasteiger partial charge in [0.2, 0.25) is 17.3 Å². The lowest BCUT2D eigenvalue weighted by atomic mass is 10.1. The van der Waals surface area contributed by atoms with Gasteiger partial charge in [0, 0.05) is 62.5 Å². The zero-order chi connectivity index (χ0) is 33.5. The Kier molecular flexibility index (Phi) is 14.5. The Hall–Kier alpha value is -3.53. The van der Waals surface area contributed by atoms with Gasteiger partial charge in [-0.1, -0.05) is 36.0 Å². The molecule has 0 atom stereocenters. The molecule has 2 amide bonds. The SMILES string of the molecule is NCCOCCOCCNC(=O)CCC(=O)NCCC[n+]1ccc(/C=C2\Sc3ccccc3N2CCCS(=O)(=O)O)c2ccccc21. The highest BCUT2D eigenvalue weighted by molar-refractivity contribution is 8.03. The lowest BCUT2D eigenvalue weighted by Crippen LogP contribution is -2.37. The molecule has 5 N–H and O–H groups in total. The van der Waals surface area contributed by atoms with Gasteiger partial charge in [-0.15, -0.1) is 0 Å². The molecule has 1 aliphatic rings. The molecule has 4 rings (SSSR count). The second kappa shape index (κ2) is 18.7. The van der Waals surface area contributed by atoms with Crippen LogP contribution in [0.15, 0.2) is 70.7 Å². The molecule has 0 saturated carbocycles. The van der Waals surface area contributed by atoms with Crippen LogP contribution in [-0.4, -0.2) is 83.1 Å². The number of fused-ring (bicyclic) bond motifs is 2. The molecule has 3 aromatic rings. The maximum atomic E-state index is 12.3. The standard InChI is InChI=1S/C33H43N5O7S2/c34-14-20-44-22-23-45-21-16-36-32(40)12-11-31(39)35-15-5-17-37-19-13-26(27-7-1-2-8-28(27)37)25-33-38(18-6-24-47(41,42)43)29-9-3-4-10-30(29)46-33/h1-4,7-10,13,19,25H,5-6,11-12,14-18,20-24,34H2,(H2-,35,36,39,40,41,42,43)/p+1. The third-order valence-corrected chi connectivity index (χ3v) is 9.26. The summed E-state index contributed by atoms with van der Waals surface area (Å²) in [5.74, 6) is -0.653. The molecular weight excluding hydrogens is 643 g/mol. The topological polar surface area (TPSA) is 164 Å². The summed E-state index contributed by atoms with van der Waals surface area (Å²) in [7, 11) is -4.04. The van der Waals surface area contributed by atoms with Crippen LogP contribution in [0, 0.1) is 0 Å². The summed E-state index contributed by atoms with van der Waals surface area (Å²) in [5, 5.41) is 7.70. The number of amides is 2. The largest absolute Gasteiger partial charge is 0.378 e. The minimum Gasteiger partial charge on any atom is -0.378 e. The molecule has 47 heavy (non-hydrogen) atoms. The predicted molar refractivity (Wildman–Crippen MR) is 183 cm³/mol. The molecule has 0 fully saturated rings. The average Bonchev–Trinajstić information content (AvgIpc) is 3.40. The first-order valence-electron chi connectivity index (χ1n) is 15.8. The number of anilines is 1. The van der Waals surface area contributed by atoms with Gasteiger partial charge in [-0.3, -0.25) is 14.1 Å². The first-order valence-corrected chi connectivity index (χ1v) is 18.2. The Morgan fingerprint density at radius 3 is 2.38 bits per heavy atom. The van der Waals surface area contributed by atoms with Crippen LogP contribution in [0.2, 0.25) is 0 Å². The van der Waals surface area contributed by atoms with Gasteiger partial charge in [-0.25, -0.2) is 0 Å². The fourth-order valence-electron chi connectivity index (χ4n) is 5.11. The van der Waals surface area contributed by atoms with Crippen molar-refractivity contribution in [3.8, 4) is 0 Å². The molecule has 12 nitrogen and oxygen atoms in total. The van der Waals surface area contributed by atoms with E-state index in [0.29, 0.717) is 72.0 Å². The van der Waals surface area contributed by atoms with E-state index in [1.807, 2.05) is 42.6 Å². The highest BCUT2D eigenvalue weighted by Gasteiger charge is 2.25. The molecule has 2 aromatic carbocycles.